The number of nitrogens with zero attached hydrogens (tertiary/aromatic N) is 2. The van der Waals surface area contributed by atoms with Crippen molar-refractivity contribution in [2.75, 3.05) is 23.0 Å². The van der Waals surface area contributed by atoms with E-state index in [9.17, 15) is 13.2 Å². The standard InChI is InChI=1S/C7H9ClF3N5S/c8-4-3-14-6(16-12)15-5(4)13-1-2-17-7(9,10)11/h3H,1-2,12H2,(H2,13,14,15,16). The number of hydrogen-bond acceptors (Lipinski definition) is 6. The molecule has 0 amide bonds. The summed E-state index contributed by atoms with van der Waals surface area (Å²) in [7, 11) is 0. The molecule has 5 nitrogen and oxygen atoms in total. The largest absolute Gasteiger partial charge is 0.441 e. The average molecular weight is 288 g/mol. The molecule has 0 aliphatic heterocycles. The van der Waals surface area contributed by atoms with Crippen LogP contribution >= 0.6 is 23.4 Å². The Labute approximate surface area is 104 Å². The van der Waals surface area contributed by atoms with E-state index in [4.69, 9.17) is 17.4 Å². The van der Waals surface area contributed by atoms with Crippen LogP contribution in [0, 0.1) is 0 Å². The molecule has 0 bridgehead atoms. The summed E-state index contributed by atoms with van der Waals surface area (Å²) < 4.78 is 35.5. The molecule has 0 fully saturated rings. The van der Waals surface area contributed by atoms with Gasteiger partial charge in [0, 0.05) is 12.3 Å². The molecule has 0 aliphatic carbocycles. The topological polar surface area (TPSA) is 75.9 Å². The van der Waals surface area contributed by atoms with Crippen LogP contribution in [0.4, 0.5) is 24.9 Å². The van der Waals surface area contributed by atoms with E-state index in [1.165, 1.54) is 6.20 Å². The number of thioether (sulfide) groups is 1. The van der Waals surface area contributed by atoms with Gasteiger partial charge in [0.1, 0.15) is 5.02 Å². The quantitative estimate of drug-likeness (QED) is 0.437. The monoisotopic (exact) mass is 287 g/mol. The molecular weight excluding hydrogens is 279 g/mol. The summed E-state index contributed by atoms with van der Waals surface area (Å²) >= 11 is 5.62. The van der Waals surface area contributed by atoms with Crippen LogP contribution in [0.1, 0.15) is 0 Å². The number of nitrogens with one attached hydrogen (secondary N) is 2. The van der Waals surface area contributed by atoms with Gasteiger partial charge in [-0.05, 0) is 11.8 Å². The Kier molecular flexibility index (Phi) is 5.09. The van der Waals surface area contributed by atoms with Gasteiger partial charge in [-0.3, -0.25) is 5.43 Å². The summed E-state index contributed by atoms with van der Waals surface area (Å²) in [6.45, 7) is 0.0743. The van der Waals surface area contributed by atoms with Gasteiger partial charge in [0.25, 0.3) is 0 Å². The van der Waals surface area contributed by atoms with Crippen LogP contribution in [0.3, 0.4) is 0 Å². The molecular formula is C7H9ClF3N5S. The van der Waals surface area contributed by atoms with Crippen LogP contribution in [0.15, 0.2) is 6.20 Å². The minimum atomic E-state index is -4.23. The normalized spacial score (nSPS) is 11.4. The zero-order valence-electron chi connectivity index (χ0n) is 8.38. The second-order valence-electron chi connectivity index (χ2n) is 2.76. The lowest BCUT2D eigenvalue weighted by molar-refractivity contribution is -0.0327. The number of alkyl halides is 3. The number of halogens is 4. The summed E-state index contributed by atoms with van der Waals surface area (Å²) in [5, 5.41) is 2.87. The summed E-state index contributed by atoms with van der Waals surface area (Å²) in [6.07, 6.45) is 1.29. The molecule has 0 aromatic carbocycles. The predicted molar refractivity (Wildman–Crippen MR) is 61.9 cm³/mol. The number of aromatic nitrogens is 2. The van der Waals surface area contributed by atoms with Crippen molar-refractivity contribution in [2.24, 2.45) is 5.84 Å². The van der Waals surface area contributed by atoms with Gasteiger partial charge in [-0.1, -0.05) is 11.6 Å². The first-order valence-electron chi connectivity index (χ1n) is 4.36. The Bertz CT molecular complexity index is 375. The smallest absolute Gasteiger partial charge is 0.368 e. The maximum atomic E-state index is 11.8. The van der Waals surface area contributed by atoms with Crippen molar-refractivity contribution in [3.63, 3.8) is 0 Å². The molecule has 1 aromatic rings. The minimum absolute atomic E-state index is 0.0743. The van der Waals surface area contributed by atoms with Crippen molar-refractivity contribution in [3.8, 4) is 0 Å². The molecule has 0 spiro atoms. The lowest BCUT2D eigenvalue weighted by Gasteiger charge is -2.09. The van der Waals surface area contributed by atoms with E-state index in [1.807, 2.05) is 0 Å². The molecule has 0 atom stereocenters. The predicted octanol–water partition coefficient (Wildman–Crippen LogP) is 2.08. The fourth-order valence-corrected chi connectivity index (χ4v) is 1.49. The van der Waals surface area contributed by atoms with E-state index < -0.39 is 5.51 Å². The Hall–Kier alpha value is -0.930. The van der Waals surface area contributed by atoms with E-state index in [1.54, 1.807) is 0 Å². The van der Waals surface area contributed by atoms with Crippen LogP contribution in [-0.4, -0.2) is 27.8 Å². The third-order valence-electron chi connectivity index (χ3n) is 1.53. The average Bonchev–Trinajstić information content (AvgIpc) is 2.25. The Balaban J connectivity index is 2.46. The molecule has 1 aromatic heterocycles. The highest BCUT2D eigenvalue weighted by Crippen LogP contribution is 2.29. The second kappa shape index (κ2) is 6.12. The van der Waals surface area contributed by atoms with Gasteiger partial charge < -0.3 is 5.32 Å². The molecule has 0 unspecified atom stereocenters. The van der Waals surface area contributed by atoms with Crippen molar-refractivity contribution in [3.05, 3.63) is 11.2 Å². The first-order valence-corrected chi connectivity index (χ1v) is 5.72. The van der Waals surface area contributed by atoms with Gasteiger partial charge in [-0.25, -0.2) is 10.8 Å². The third-order valence-corrected chi connectivity index (χ3v) is 2.55. The van der Waals surface area contributed by atoms with Crippen molar-refractivity contribution in [2.45, 2.75) is 5.51 Å². The highest BCUT2D eigenvalue weighted by Gasteiger charge is 2.27. The van der Waals surface area contributed by atoms with Crippen LogP contribution in [0.25, 0.3) is 0 Å². The fourth-order valence-electron chi connectivity index (χ4n) is 0.897. The molecule has 0 radical (unpaired) electrons. The van der Waals surface area contributed by atoms with Gasteiger partial charge in [0.15, 0.2) is 5.82 Å². The van der Waals surface area contributed by atoms with Crippen LogP contribution in [0.2, 0.25) is 5.02 Å². The molecule has 0 aliphatic rings. The van der Waals surface area contributed by atoms with Gasteiger partial charge >= 0.3 is 5.51 Å². The molecule has 0 saturated heterocycles. The Morgan fingerprint density at radius 3 is 2.76 bits per heavy atom. The zero-order valence-corrected chi connectivity index (χ0v) is 9.96. The van der Waals surface area contributed by atoms with Gasteiger partial charge in [-0.15, -0.1) is 0 Å². The number of nitrogen functional groups attached to an aromatic ring is 1. The Morgan fingerprint density at radius 1 is 1.47 bits per heavy atom. The van der Waals surface area contributed by atoms with Crippen molar-refractivity contribution in [1.29, 1.82) is 0 Å². The molecule has 96 valence electrons. The van der Waals surface area contributed by atoms with E-state index in [-0.39, 0.29) is 40.8 Å². The van der Waals surface area contributed by atoms with Gasteiger partial charge in [0.05, 0.1) is 6.20 Å². The maximum Gasteiger partial charge on any atom is 0.441 e. The third kappa shape index (κ3) is 5.29. The van der Waals surface area contributed by atoms with Gasteiger partial charge in [-0.2, -0.15) is 18.2 Å². The summed E-state index contributed by atoms with van der Waals surface area (Å²) in [5.41, 5.74) is -2.03. The molecule has 1 rings (SSSR count). The number of hydrazine groups is 1. The summed E-state index contributed by atoms with van der Waals surface area (Å²) in [5.74, 6) is 5.30. The first kappa shape index (κ1) is 14.1. The SMILES string of the molecule is NNc1ncc(Cl)c(NCCSC(F)(F)F)n1. The van der Waals surface area contributed by atoms with Gasteiger partial charge in [0.2, 0.25) is 5.95 Å². The fraction of sp³-hybridized carbons (Fsp3) is 0.429. The first-order chi connectivity index (χ1) is 7.92. The van der Waals surface area contributed by atoms with E-state index >= 15 is 0 Å². The van der Waals surface area contributed by atoms with Crippen LogP contribution in [-0.2, 0) is 0 Å². The van der Waals surface area contributed by atoms with Crippen molar-refractivity contribution >= 4 is 35.1 Å². The summed E-state index contributed by atoms with van der Waals surface area (Å²) in [6, 6.07) is 0. The molecule has 4 N–H and O–H groups in total. The Morgan fingerprint density at radius 2 is 2.18 bits per heavy atom. The minimum Gasteiger partial charge on any atom is -0.368 e. The lowest BCUT2D eigenvalue weighted by Crippen LogP contribution is -2.14. The van der Waals surface area contributed by atoms with E-state index in [0.29, 0.717) is 0 Å². The molecule has 1 heterocycles. The number of hydrogen-bond donors (Lipinski definition) is 3. The van der Waals surface area contributed by atoms with Crippen molar-refractivity contribution in [1.82, 2.24) is 9.97 Å². The molecule has 0 saturated carbocycles. The summed E-state index contributed by atoms with van der Waals surface area (Å²) in [4.78, 5) is 7.56. The maximum absolute atomic E-state index is 11.8. The molecule has 10 heteroatoms. The van der Waals surface area contributed by atoms with E-state index in [2.05, 4.69) is 20.7 Å². The highest BCUT2D eigenvalue weighted by molar-refractivity contribution is 8.00. The van der Waals surface area contributed by atoms with Crippen molar-refractivity contribution < 1.29 is 13.2 Å². The molecule has 17 heavy (non-hydrogen) atoms. The van der Waals surface area contributed by atoms with E-state index in [0.717, 1.165) is 0 Å². The lowest BCUT2D eigenvalue weighted by atomic mass is 10.5. The number of rotatable bonds is 5. The number of nitrogens with two attached hydrogens (primary N) is 1. The second-order valence-corrected chi connectivity index (χ2v) is 4.32. The highest BCUT2D eigenvalue weighted by atomic mass is 35.5. The van der Waals surface area contributed by atoms with Crippen LogP contribution in [0.5, 0.6) is 0 Å². The zero-order chi connectivity index (χ0) is 12.9. The number of anilines is 2. The van der Waals surface area contributed by atoms with Crippen LogP contribution < -0.4 is 16.6 Å².